The van der Waals surface area contributed by atoms with Crippen LogP contribution in [0.4, 0.5) is 10.5 Å². The first kappa shape index (κ1) is 15.7. The fraction of sp³-hybridized carbons (Fsp3) is 0.400. The standard InChI is InChI=1S/C15H19N5O2S/c1-15(2)11-19(7-8-23(15)22)14(21)18-12-9-17-20(10-12)13-5-3-4-6-16-13/h3-6,9-10H,7-8,11H2,1-2H3,(H,18,21). The van der Waals surface area contributed by atoms with Gasteiger partial charge in [-0.25, -0.2) is 14.5 Å². The Morgan fingerprint density at radius 3 is 2.91 bits per heavy atom. The van der Waals surface area contributed by atoms with Gasteiger partial charge in [-0.2, -0.15) is 5.10 Å². The topological polar surface area (TPSA) is 80.1 Å². The number of amides is 2. The molecule has 2 aromatic rings. The van der Waals surface area contributed by atoms with Gasteiger partial charge in [-0.15, -0.1) is 0 Å². The third-order valence-electron chi connectivity index (χ3n) is 3.74. The molecule has 0 aromatic carbocycles. The summed E-state index contributed by atoms with van der Waals surface area (Å²) in [5.74, 6) is 1.19. The molecule has 2 amide bonds. The first-order valence-corrected chi connectivity index (χ1v) is 8.68. The van der Waals surface area contributed by atoms with Crippen molar-refractivity contribution in [1.29, 1.82) is 0 Å². The fourth-order valence-corrected chi connectivity index (χ4v) is 3.70. The second-order valence-electron chi connectivity index (χ2n) is 6.02. The van der Waals surface area contributed by atoms with Crippen LogP contribution in [0.3, 0.4) is 0 Å². The highest BCUT2D eigenvalue weighted by Crippen LogP contribution is 2.21. The van der Waals surface area contributed by atoms with E-state index in [0.29, 0.717) is 30.3 Å². The highest BCUT2D eigenvalue weighted by Gasteiger charge is 2.35. The summed E-state index contributed by atoms with van der Waals surface area (Å²) in [5.41, 5.74) is 0.602. The molecule has 1 atom stereocenters. The van der Waals surface area contributed by atoms with Crippen LogP contribution < -0.4 is 5.32 Å². The zero-order valence-electron chi connectivity index (χ0n) is 13.1. The summed E-state index contributed by atoms with van der Waals surface area (Å²) in [4.78, 5) is 18.3. The van der Waals surface area contributed by atoms with Gasteiger partial charge in [0, 0.05) is 35.8 Å². The molecule has 8 heteroatoms. The lowest BCUT2D eigenvalue weighted by molar-refractivity contribution is 0.207. The first-order valence-electron chi connectivity index (χ1n) is 7.36. The summed E-state index contributed by atoms with van der Waals surface area (Å²) in [6.07, 6.45) is 4.98. The third-order valence-corrected chi connectivity index (χ3v) is 5.65. The molecule has 0 radical (unpaired) electrons. The van der Waals surface area contributed by atoms with Crippen molar-refractivity contribution in [3.63, 3.8) is 0 Å². The van der Waals surface area contributed by atoms with Crippen molar-refractivity contribution in [1.82, 2.24) is 19.7 Å². The fourth-order valence-electron chi connectivity index (χ4n) is 2.46. The molecular weight excluding hydrogens is 314 g/mol. The number of rotatable bonds is 2. The van der Waals surface area contributed by atoms with Crippen LogP contribution in [0.15, 0.2) is 36.8 Å². The van der Waals surface area contributed by atoms with E-state index in [1.54, 1.807) is 28.2 Å². The van der Waals surface area contributed by atoms with Crippen LogP contribution in [0.2, 0.25) is 0 Å². The van der Waals surface area contributed by atoms with Crippen LogP contribution in [-0.2, 0) is 10.8 Å². The predicted molar refractivity (Wildman–Crippen MR) is 89.0 cm³/mol. The Hall–Kier alpha value is -2.22. The largest absolute Gasteiger partial charge is 0.322 e. The summed E-state index contributed by atoms with van der Waals surface area (Å²) >= 11 is 0. The molecule has 1 aliphatic heterocycles. The maximum atomic E-state index is 12.4. The molecule has 1 saturated heterocycles. The smallest absolute Gasteiger partial charge is 0.322 e. The summed E-state index contributed by atoms with van der Waals surface area (Å²) in [6, 6.07) is 5.34. The van der Waals surface area contributed by atoms with E-state index in [4.69, 9.17) is 0 Å². The van der Waals surface area contributed by atoms with Crippen LogP contribution in [0.5, 0.6) is 0 Å². The van der Waals surface area contributed by atoms with Gasteiger partial charge in [0.05, 0.1) is 22.8 Å². The molecular formula is C15H19N5O2S. The van der Waals surface area contributed by atoms with E-state index in [1.807, 2.05) is 32.0 Å². The molecule has 23 heavy (non-hydrogen) atoms. The van der Waals surface area contributed by atoms with E-state index < -0.39 is 10.8 Å². The number of carbonyl (C=O) groups is 1. The average Bonchev–Trinajstić information content (AvgIpc) is 2.99. The normalized spacial score (nSPS) is 20.3. The number of nitrogens with one attached hydrogen (secondary N) is 1. The predicted octanol–water partition coefficient (Wildman–Crippen LogP) is 1.64. The van der Waals surface area contributed by atoms with Gasteiger partial charge in [0.1, 0.15) is 0 Å². The highest BCUT2D eigenvalue weighted by molar-refractivity contribution is 7.86. The number of hydrogen-bond donors (Lipinski definition) is 1. The van der Waals surface area contributed by atoms with Crippen LogP contribution in [-0.4, -0.2) is 53.5 Å². The summed E-state index contributed by atoms with van der Waals surface area (Å²) in [6.45, 7) is 4.80. The van der Waals surface area contributed by atoms with E-state index in [-0.39, 0.29) is 10.8 Å². The van der Waals surface area contributed by atoms with Crippen molar-refractivity contribution < 1.29 is 9.00 Å². The van der Waals surface area contributed by atoms with Crippen molar-refractivity contribution in [2.24, 2.45) is 0 Å². The number of pyridine rings is 1. The van der Waals surface area contributed by atoms with E-state index in [1.165, 1.54) is 0 Å². The van der Waals surface area contributed by atoms with Gasteiger partial charge in [0.2, 0.25) is 0 Å². The molecule has 3 heterocycles. The Labute approximate surface area is 137 Å². The molecule has 1 N–H and O–H groups in total. The van der Waals surface area contributed by atoms with Gasteiger partial charge in [-0.1, -0.05) is 6.07 Å². The number of nitrogens with zero attached hydrogens (tertiary/aromatic N) is 4. The molecule has 0 aliphatic carbocycles. The van der Waals surface area contributed by atoms with Crippen molar-refractivity contribution in [3.05, 3.63) is 36.8 Å². The van der Waals surface area contributed by atoms with Gasteiger partial charge in [0.25, 0.3) is 0 Å². The van der Waals surface area contributed by atoms with E-state index in [9.17, 15) is 9.00 Å². The molecule has 3 rings (SSSR count). The molecule has 0 spiro atoms. The van der Waals surface area contributed by atoms with Crippen LogP contribution in [0.25, 0.3) is 5.82 Å². The van der Waals surface area contributed by atoms with Crippen LogP contribution in [0, 0.1) is 0 Å². The number of aromatic nitrogens is 3. The van der Waals surface area contributed by atoms with Crippen molar-refractivity contribution in [2.75, 3.05) is 24.2 Å². The second kappa shape index (κ2) is 6.11. The summed E-state index contributed by atoms with van der Waals surface area (Å²) in [7, 11) is -0.901. The number of carbonyl (C=O) groups excluding carboxylic acids is 1. The Bertz CT molecular complexity index is 728. The van der Waals surface area contributed by atoms with Crippen molar-refractivity contribution in [3.8, 4) is 5.82 Å². The molecule has 1 unspecified atom stereocenters. The van der Waals surface area contributed by atoms with E-state index >= 15 is 0 Å². The van der Waals surface area contributed by atoms with E-state index in [2.05, 4.69) is 15.4 Å². The molecule has 2 aromatic heterocycles. The molecule has 0 saturated carbocycles. The SMILES string of the molecule is CC1(C)CN(C(=O)Nc2cnn(-c3ccccn3)c2)CCS1=O. The van der Waals surface area contributed by atoms with Crippen LogP contribution >= 0.6 is 0 Å². The lowest BCUT2D eigenvalue weighted by Crippen LogP contribution is -2.53. The maximum Gasteiger partial charge on any atom is 0.322 e. The minimum absolute atomic E-state index is 0.199. The Morgan fingerprint density at radius 2 is 2.22 bits per heavy atom. The minimum atomic E-state index is -0.901. The number of anilines is 1. The summed E-state index contributed by atoms with van der Waals surface area (Å²) in [5, 5.41) is 7.03. The quantitative estimate of drug-likeness (QED) is 0.906. The highest BCUT2D eigenvalue weighted by atomic mass is 32.2. The first-order chi connectivity index (χ1) is 11.0. The van der Waals surface area contributed by atoms with Crippen molar-refractivity contribution >= 4 is 22.5 Å². The zero-order valence-corrected chi connectivity index (χ0v) is 13.9. The number of urea groups is 1. The molecule has 122 valence electrons. The Balaban J connectivity index is 1.67. The lowest BCUT2D eigenvalue weighted by atomic mass is 10.2. The molecule has 0 bridgehead atoms. The van der Waals surface area contributed by atoms with Gasteiger partial charge in [-0.3, -0.25) is 4.21 Å². The Morgan fingerprint density at radius 1 is 1.39 bits per heavy atom. The van der Waals surface area contributed by atoms with Crippen LogP contribution in [0.1, 0.15) is 13.8 Å². The zero-order chi connectivity index (χ0) is 16.4. The van der Waals surface area contributed by atoms with Crippen molar-refractivity contribution in [2.45, 2.75) is 18.6 Å². The van der Waals surface area contributed by atoms with Gasteiger partial charge < -0.3 is 10.2 Å². The second-order valence-corrected chi connectivity index (χ2v) is 8.23. The van der Waals surface area contributed by atoms with E-state index in [0.717, 1.165) is 0 Å². The minimum Gasteiger partial charge on any atom is -0.322 e. The average molecular weight is 333 g/mol. The Kier molecular flexibility index (Phi) is 4.16. The third kappa shape index (κ3) is 3.42. The lowest BCUT2D eigenvalue weighted by Gasteiger charge is -2.37. The molecule has 1 aliphatic rings. The van der Waals surface area contributed by atoms with Gasteiger partial charge in [-0.05, 0) is 26.0 Å². The molecule has 1 fully saturated rings. The maximum absolute atomic E-state index is 12.4. The summed E-state index contributed by atoms with van der Waals surface area (Å²) < 4.78 is 13.2. The monoisotopic (exact) mass is 333 g/mol. The molecule has 7 nitrogen and oxygen atoms in total. The number of hydrogen-bond acceptors (Lipinski definition) is 4. The van der Waals surface area contributed by atoms with Gasteiger partial charge >= 0.3 is 6.03 Å². The van der Waals surface area contributed by atoms with Gasteiger partial charge in [0.15, 0.2) is 5.82 Å².